The lowest BCUT2D eigenvalue weighted by Gasteiger charge is -2.34. The lowest BCUT2D eigenvalue weighted by atomic mass is 9.87. The largest absolute Gasteiger partial charge is 0.338 e. The van der Waals surface area contributed by atoms with Gasteiger partial charge in [-0.05, 0) is 42.9 Å². The molecule has 1 atom stereocenters. The first-order chi connectivity index (χ1) is 10.5. The van der Waals surface area contributed by atoms with Crippen LogP contribution in [0.3, 0.4) is 0 Å². The van der Waals surface area contributed by atoms with Gasteiger partial charge >= 0.3 is 5.69 Å². The van der Waals surface area contributed by atoms with Crippen molar-refractivity contribution in [1.82, 2.24) is 14.5 Å². The summed E-state index contributed by atoms with van der Waals surface area (Å²) >= 11 is 0. The Balaban J connectivity index is 1.88. The van der Waals surface area contributed by atoms with E-state index in [1.807, 2.05) is 17.0 Å². The van der Waals surface area contributed by atoms with Crippen LogP contribution in [0, 0.1) is 11.8 Å². The van der Waals surface area contributed by atoms with Gasteiger partial charge < -0.3 is 9.88 Å². The van der Waals surface area contributed by atoms with E-state index in [0.29, 0.717) is 17.4 Å². The fourth-order valence-corrected chi connectivity index (χ4v) is 3.28. The molecule has 0 radical (unpaired) electrons. The molecule has 1 amide bonds. The summed E-state index contributed by atoms with van der Waals surface area (Å²) in [5.41, 5.74) is 2.04. The number of aryl methyl sites for hydroxylation is 1. The summed E-state index contributed by atoms with van der Waals surface area (Å²) in [5, 5.41) is 0. The van der Waals surface area contributed by atoms with Crippen molar-refractivity contribution in [3.05, 3.63) is 34.2 Å². The number of nitrogens with zero attached hydrogens (tertiary/aromatic N) is 2. The minimum Gasteiger partial charge on any atom is -0.338 e. The highest BCUT2D eigenvalue weighted by atomic mass is 16.2. The summed E-state index contributed by atoms with van der Waals surface area (Å²) in [7, 11) is 1.71. The van der Waals surface area contributed by atoms with Gasteiger partial charge in [-0.15, -0.1) is 0 Å². The number of imidazole rings is 1. The van der Waals surface area contributed by atoms with Crippen LogP contribution in [0.25, 0.3) is 11.0 Å². The summed E-state index contributed by atoms with van der Waals surface area (Å²) in [4.78, 5) is 29.1. The number of rotatable bonds is 2. The molecule has 1 unspecified atom stereocenters. The minimum atomic E-state index is -0.155. The molecular weight excluding hydrogens is 278 g/mol. The summed E-state index contributed by atoms with van der Waals surface area (Å²) in [6.07, 6.45) is 2.27. The Morgan fingerprint density at radius 2 is 2.14 bits per heavy atom. The van der Waals surface area contributed by atoms with Gasteiger partial charge in [0.15, 0.2) is 0 Å². The average Bonchev–Trinajstić information content (AvgIpc) is 2.81. The molecule has 0 bridgehead atoms. The number of nitrogens with one attached hydrogen (secondary N) is 1. The number of benzene rings is 1. The van der Waals surface area contributed by atoms with Crippen molar-refractivity contribution < 1.29 is 4.79 Å². The Morgan fingerprint density at radius 3 is 2.86 bits per heavy atom. The Labute approximate surface area is 129 Å². The van der Waals surface area contributed by atoms with E-state index in [2.05, 4.69) is 18.8 Å². The molecule has 5 nitrogen and oxygen atoms in total. The summed E-state index contributed by atoms with van der Waals surface area (Å²) in [6, 6.07) is 5.43. The molecule has 1 fully saturated rings. The van der Waals surface area contributed by atoms with E-state index in [1.165, 1.54) is 6.42 Å². The minimum absolute atomic E-state index is 0.0703. The van der Waals surface area contributed by atoms with E-state index in [0.717, 1.165) is 30.5 Å². The molecule has 0 aliphatic carbocycles. The van der Waals surface area contributed by atoms with Crippen LogP contribution in [-0.4, -0.2) is 33.4 Å². The summed E-state index contributed by atoms with van der Waals surface area (Å²) in [6.45, 7) is 6.10. The highest BCUT2D eigenvalue weighted by Crippen LogP contribution is 2.25. The number of aromatic nitrogens is 2. The van der Waals surface area contributed by atoms with Crippen molar-refractivity contribution in [2.24, 2.45) is 18.9 Å². The van der Waals surface area contributed by atoms with Crippen LogP contribution in [0.1, 0.15) is 37.0 Å². The zero-order valence-corrected chi connectivity index (χ0v) is 13.4. The normalized spacial score (nSPS) is 19.1. The SMILES string of the molecule is CC(C)C1CCCN(C(=O)c2ccc3[nH]c(=O)n(C)c3c2)C1. The fourth-order valence-electron chi connectivity index (χ4n) is 3.28. The molecule has 2 heterocycles. The first kappa shape index (κ1) is 14.9. The van der Waals surface area contributed by atoms with Crippen molar-refractivity contribution in [2.75, 3.05) is 13.1 Å². The van der Waals surface area contributed by atoms with E-state index < -0.39 is 0 Å². The number of aromatic amines is 1. The Bertz CT molecular complexity index is 757. The van der Waals surface area contributed by atoms with Crippen LogP contribution in [0.15, 0.2) is 23.0 Å². The van der Waals surface area contributed by atoms with E-state index >= 15 is 0 Å². The smallest absolute Gasteiger partial charge is 0.326 e. The summed E-state index contributed by atoms with van der Waals surface area (Å²) in [5.74, 6) is 1.25. The van der Waals surface area contributed by atoms with Crippen molar-refractivity contribution in [2.45, 2.75) is 26.7 Å². The third-order valence-electron chi connectivity index (χ3n) is 4.84. The molecule has 22 heavy (non-hydrogen) atoms. The van der Waals surface area contributed by atoms with Crippen molar-refractivity contribution >= 4 is 16.9 Å². The van der Waals surface area contributed by atoms with Gasteiger partial charge in [0.25, 0.3) is 5.91 Å². The van der Waals surface area contributed by atoms with Gasteiger partial charge in [0.2, 0.25) is 0 Å². The van der Waals surface area contributed by atoms with Gasteiger partial charge in [-0.2, -0.15) is 0 Å². The standard InChI is InChI=1S/C17H23N3O2/c1-11(2)13-5-4-8-20(10-13)16(21)12-6-7-14-15(9-12)19(3)17(22)18-14/h6-7,9,11,13H,4-5,8,10H2,1-3H3,(H,18,22). The maximum Gasteiger partial charge on any atom is 0.326 e. The topological polar surface area (TPSA) is 58.1 Å². The third-order valence-corrected chi connectivity index (χ3v) is 4.84. The molecule has 1 saturated heterocycles. The van der Waals surface area contributed by atoms with Crippen LogP contribution in [0.5, 0.6) is 0 Å². The number of amides is 1. The van der Waals surface area contributed by atoms with Gasteiger partial charge in [0.05, 0.1) is 11.0 Å². The number of carbonyl (C=O) groups is 1. The molecular formula is C17H23N3O2. The van der Waals surface area contributed by atoms with E-state index in [-0.39, 0.29) is 11.6 Å². The zero-order valence-electron chi connectivity index (χ0n) is 13.4. The molecule has 0 spiro atoms. The number of H-pyrrole nitrogens is 1. The predicted molar refractivity (Wildman–Crippen MR) is 87.0 cm³/mol. The molecule has 3 rings (SSSR count). The molecule has 1 aliphatic rings. The third kappa shape index (κ3) is 2.56. The van der Waals surface area contributed by atoms with Crippen LogP contribution >= 0.6 is 0 Å². The summed E-state index contributed by atoms with van der Waals surface area (Å²) < 4.78 is 1.54. The van der Waals surface area contributed by atoms with Crippen molar-refractivity contribution in [3.8, 4) is 0 Å². The molecule has 1 aromatic carbocycles. The number of carbonyl (C=O) groups excluding carboxylic acids is 1. The average molecular weight is 301 g/mol. The maximum atomic E-state index is 12.8. The van der Waals surface area contributed by atoms with Gasteiger partial charge in [-0.25, -0.2) is 4.79 Å². The molecule has 1 N–H and O–H groups in total. The van der Waals surface area contributed by atoms with E-state index in [1.54, 1.807) is 17.7 Å². The van der Waals surface area contributed by atoms with Gasteiger partial charge in [-0.1, -0.05) is 13.8 Å². The van der Waals surface area contributed by atoms with Crippen LogP contribution < -0.4 is 5.69 Å². The molecule has 118 valence electrons. The van der Waals surface area contributed by atoms with E-state index in [9.17, 15) is 9.59 Å². The first-order valence-electron chi connectivity index (χ1n) is 7.95. The van der Waals surface area contributed by atoms with Crippen LogP contribution in [0.2, 0.25) is 0 Å². The molecule has 0 saturated carbocycles. The van der Waals surface area contributed by atoms with Crippen molar-refractivity contribution in [1.29, 1.82) is 0 Å². The maximum absolute atomic E-state index is 12.8. The van der Waals surface area contributed by atoms with Gasteiger partial charge in [0.1, 0.15) is 0 Å². The van der Waals surface area contributed by atoms with Crippen LogP contribution in [-0.2, 0) is 7.05 Å². The molecule has 1 aliphatic heterocycles. The van der Waals surface area contributed by atoms with E-state index in [4.69, 9.17) is 0 Å². The predicted octanol–water partition coefficient (Wildman–Crippen LogP) is 2.37. The number of likely N-dealkylation sites (tertiary alicyclic amines) is 1. The Morgan fingerprint density at radius 1 is 1.36 bits per heavy atom. The highest BCUT2D eigenvalue weighted by Gasteiger charge is 2.26. The highest BCUT2D eigenvalue weighted by molar-refractivity contribution is 5.97. The van der Waals surface area contributed by atoms with Crippen molar-refractivity contribution in [3.63, 3.8) is 0 Å². The van der Waals surface area contributed by atoms with Crippen LogP contribution in [0.4, 0.5) is 0 Å². The Kier molecular flexibility index (Phi) is 3.81. The number of fused-ring (bicyclic) bond motifs is 1. The number of piperidine rings is 1. The molecule has 5 heteroatoms. The lowest BCUT2D eigenvalue weighted by Crippen LogP contribution is -2.41. The Hall–Kier alpha value is -2.04. The molecule has 2 aromatic rings. The van der Waals surface area contributed by atoms with Gasteiger partial charge in [0, 0.05) is 25.7 Å². The first-order valence-corrected chi connectivity index (χ1v) is 7.95. The quantitative estimate of drug-likeness (QED) is 0.926. The monoisotopic (exact) mass is 301 g/mol. The second-order valence-electron chi connectivity index (χ2n) is 6.62. The van der Waals surface area contributed by atoms with Gasteiger partial charge in [-0.3, -0.25) is 9.36 Å². The zero-order chi connectivity index (χ0) is 15.9. The lowest BCUT2D eigenvalue weighted by molar-refractivity contribution is 0.0642. The number of hydrogen-bond donors (Lipinski definition) is 1. The number of hydrogen-bond acceptors (Lipinski definition) is 2. The molecule has 1 aromatic heterocycles. The second-order valence-corrected chi connectivity index (χ2v) is 6.62. The fraction of sp³-hybridized carbons (Fsp3) is 0.529. The second kappa shape index (κ2) is 5.63.